The fraction of sp³-hybridized carbons (Fsp3) is 0.600. The van der Waals surface area contributed by atoms with E-state index in [0.717, 1.165) is 30.2 Å². The Morgan fingerprint density at radius 3 is 2.58 bits per heavy atom. The first-order valence-corrected chi connectivity index (χ1v) is 7.10. The summed E-state index contributed by atoms with van der Waals surface area (Å²) in [6.07, 6.45) is 2.39. The van der Waals surface area contributed by atoms with E-state index < -0.39 is 0 Å². The first-order valence-electron chi connectivity index (χ1n) is 6.66. The summed E-state index contributed by atoms with van der Waals surface area (Å²) in [6.45, 7) is 4.07. The van der Waals surface area contributed by atoms with Gasteiger partial charge in [-0.1, -0.05) is 19.4 Å². The molecule has 0 radical (unpaired) electrons. The average Bonchev–Trinajstić information content (AvgIpc) is 2.44. The van der Waals surface area contributed by atoms with E-state index in [1.165, 1.54) is 12.8 Å². The van der Waals surface area contributed by atoms with Crippen LogP contribution in [0.1, 0.15) is 30.7 Å². The minimum atomic E-state index is -0.0808. The zero-order chi connectivity index (χ0) is 14.3. The molecule has 0 bridgehead atoms. The van der Waals surface area contributed by atoms with Gasteiger partial charge in [-0.2, -0.15) is 0 Å². The number of halogens is 1. The smallest absolute Gasteiger partial charge is 0.127 e. The second-order valence-electron chi connectivity index (χ2n) is 4.69. The van der Waals surface area contributed by atoms with Crippen molar-refractivity contribution in [1.82, 2.24) is 4.90 Å². The van der Waals surface area contributed by atoms with E-state index in [-0.39, 0.29) is 5.38 Å². The number of hydrogen-bond donors (Lipinski definition) is 0. The van der Waals surface area contributed by atoms with Gasteiger partial charge in [0.1, 0.15) is 11.5 Å². The van der Waals surface area contributed by atoms with E-state index >= 15 is 0 Å². The lowest BCUT2D eigenvalue weighted by Crippen LogP contribution is -2.23. The number of nitrogens with zero attached hydrogens (tertiary/aromatic N) is 1. The summed E-state index contributed by atoms with van der Waals surface area (Å²) in [7, 11) is 5.40. The molecule has 1 aromatic rings. The van der Waals surface area contributed by atoms with Gasteiger partial charge in [0.25, 0.3) is 0 Å². The second kappa shape index (κ2) is 8.28. The number of ether oxygens (including phenoxy) is 2. The van der Waals surface area contributed by atoms with E-state index in [1.807, 2.05) is 18.2 Å². The summed E-state index contributed by atoms with van der Waals surface area (Å²) in [6, 6.07) is 5.76. The molecule has 0 saturated heterocycles. The number of methoxy groups -OCH3 is 2. The van der Waals surface area contributed by atoms with Crippen LogP contribution in [0.3, 0.4) is 0 Å². The zero-order valence-corrected chi connectivity index (χ0v) is 13.0. The van der Waals surface area contributed by atoms with E-state index in [2.05, 4.69) is 18.9 Å². The molecule has 1 atom stereocenters. The third-order valence-corrected chi connectivity index (χ3v) is 3.52. The molecule has 0 N–H and O–H groups in total. The van der Waals surface area contributed by atoms with Crippen molar-refractivity contribution < 1.29 is 9.47 Å². The van der Waals surface area contributed by atoms with Crippen molar-refractivity contribution in [3.63, 3.8) is 0 Å². The number of rotatable bonds is 8. The molecule has 1 aromatic carbocycles. The SMILES string of the molecule is CCCCN(C)CC(Cl)c1ccc(OC)cc1OC. The van der Waals surface area contributed by atoms with Crippen molar-refractivity contribution in [2.75, 3.05) is 34.4 Å². The average molecular weight is 286 g/mol. The van der Waals surface area contributed by atoms with Crippen molar-refractivity contribution in [2.24, 2.45) is 0 Å². The quantitative estimate of drug-likeness (QED) is 0.680. The van der Waals surface area contributed by atoms with E-state index in [1.54, 1.807) is 14.2 Å². The molecule has 0 aromatic heterocycles. The van der Waals surface area contributed by atoms with Crippen molar-refractivity contribution in [3.8, 4) is 11.5 Å². The van der Waals surface area contributed by atoms with E-state index in [9.17, 15) is 0 Å². The van der Waals surface area contributed by atoms with Crippen molar-refractivity contribution in [3.05, 3.63) is 23.8 Å². The molecule has 1 unspecified atom stereocenters. The van der Waals surface area contributed by atoms with Crippen LogP contribution in [0.5, 0.6) is 11.5 Å². The third-order valence-electron chi connectivity index (χ3n) is 3.14. The highest BCUT2D eigenvalue weighted by molar-refractivity contribution is 6.21. The van der Waals surface area contributed by atoms with E-state index in [4.69, 9.17) is 21.1 Å². The largest absolute Gasteiger partial charge is 0.497 e. The van der Waals surface area contributed by atoms with Crippen LogP contribution >= 0.6 is 11.6 Å². The van der Waals surface area contributed by atoms with Crippen LogP contribution in [0.4, 0.5) is 0 Å². The molecule has 1 rings (SSSR count). The van der Waals surface area contributed by atoms with Gasteiger partial charge in [-0.15, -0.1) is 11.6 Å². The van der Waals surface area contributed by atoms with Crippen LogP contribution in [0.2, 0.25) is 0 Å². The second-order valence-corrected chi connectivity index (χ2v) is 5.22. The summed E-state index contributed by atoms with van der Waals surface area (Å²) in [4.78, 5) is 2.25. The molecule has 0 amide bonds. The Labute approximate surface area is 121 Å². The molecule has 0 aliphatic rings. The van der Waals surface area contributed by atoms with Gasteiger partial charge in [0.2, 0.25) is 0 Å². The maximum atomic E-state index is 6.50. The molecule has 4 heteroatoms. The summed E-state index contributed by atoms with van der Waals surface area (Å²) in [5.74, 6) is 1.56. The summed E-state index contributed by atoms with van der Waals surface area (Å²) in [5.41, 5.74) is 1.01. The van der Waals surface area contributed by atoms with Gasteiger partial charge in [-0.3, -0.25) is 0 Å². The summed E-state index contributed by atoms with van der Waals surface area (Å²) in [5, 5.41) is -0.0808. The molecule has 3 nitrogen and oxygen atoms in total. The van der Waals surface area contributed by atoms with E-state index in [0.29, 0.717) is 0 Å². The maximum Gasteiger partial charge on any atom is 0.127 e. The van der Waals surface area contributed by atoms with Crippen LogP contribution < -0.4 is 9.47 Å². The number of benzene rings is 1. The Morgan fingerprint density at radius 1 is 1.26 bits per heavy atom. The van der Waals surface area contributed by atoms with Crippen molar-refractivity contribution in [1.29, 1.82) is 0 Å². The Balaban J connectivity index is 2.72. The molecular weight excluding hydrogens is 262 g/mol. The van der Waals surface area contributed by atoms with Crippen LogP contribution in [-0.4, -0.2) is 39.3 Å². The lowest BCUT2D eigenvalue weighted by Gasteiger charge is -2.21. The Bertz CT molecular complexity index is 384. The fourth-order valence-corrected chi connectivity index (χ4v) is 2.38. The van der Waals surface area contributed by atoms with Gasteiger partial charge in [-0.05, 0) is 26.1 Å². The van der Waals surface area contributed by atoms with Gasteiger partial charge >= 0.3 is 0 Å². The van der Waals surface area contributed by atoms with Crippen LogP contribution in [0.15, 0.2) is 18.2 Å². The number of hydrogen-bond acceptors (Lipinski definition) is 3. The molecular formula is C15H24ClNO2. The third kappa shape index (κ3) is 4.92. The fourth-order valence-electron chi connectivity index (χ4n) is 1.97. The zero-order valence-electron chi connectivity index (χ0n) is 12.3. The highest BCUT2D eigenvalue weighted by atomic mass is 35.5. The minimum absolute atomic E-state index is 0.0808. The van der Waals surface area contributed by atoms with Crippen molar-refractivity contribution in [2.45, 2.75) is 25.1 Å². The maximum absolute atomic E-state index is 6.50. The molecule has 0 spiro atoms. The Kier molecular flexibility index (Phi) is 7.03. The number of unbranched alkanes of at least 4 members (excludes halogenated alkanes) is 1. The minimum Gasteiger partial charge on any atom is -0.497 e. The normalized spacial score (nSPS) is 12.5. The molecule has 0 saturated carbocycles. The lowest BCUT2D eigenvalue weighted by molar-refractivity contribution is 0.324. The first kappa shape index (κ1) is 16.1. The molecule has 0 fully saturated rings. The lowest BCUT2D eigenvalue weighted by atomic mass is 10.1. The Morgan fingerprint density at radius 2 is 2.00 bits per heavy atom. The Hall–Kier alpha value is -0.930. The first-order chi connectivity index (χ1) is 9.12. The molecule has 0 heterocycles. The summed E-state index contributed by atoms with van der Waals surface area (Å²) >= 11 is 6.50. The van der Waals surface area contributed by atoms with Crippen LogP contribution in [0.25, 0.3) is 0 Å². The molecule has 19 heavy (non-hydrogen) atoms. The number of likely N-dealkylation sites (N-methyl/N-ethyl adjacent to an activating group) is 1. The molecule has 0 aliphatic heterocycles. The number of alkyl halides is 1. The molecule has 108 valence electrons. The topological polar surface area (TPSA) is 21.7 Å². The van der Waals surface area contributed by atoms with Gasteiger partial charge in [0, 0.05) is 18.2 Å². The van der Waals surface area contributed by atoms with Gasteiger partial charge in [-0.25, -0.2) is 0 Å². The summed E-state index contributed by atoms with van der Waals surface area (Å²) < 4.78 is 10.6. The van der Waals surface area contributed by atoms with Crippen LogP contribution in [0, 0.1) is 0 Å². The standard InChI is InChI=1S/C15H24ClNO2/c1-5-6-9-17(2)11-14(16)13-8-7-12(18-3)10-15(13)19-4/h7-8,10,14H,5-6,9,11H2,1-4H3. The van der Waals surface area contributed by atoms with Crippen LogP contribution in [-0.2, 0) is 0 Å². The highest BCUT2D eigenvalue weighted by Gasteiger charge is 2.16. The monoisotopic (exact) mass is 285 g/mol. The highest BCUT2D eigenvalue weighted by Crippen LogP contribution is 2.33. The predicted molar refractivity (Wildman–Crippen MR) is 80.5 cm³/mol. The van der Waals surface area contributed by atoms with Gasteiger partial charge in [0.15, 0.2) is 0 Å². The van der Waals surface area contributed by atoms with Gasteiger partial charge < -0.3 is 14.4 Å². The molecule has 0 aliphatic carbocycles. The van der Waals surface area contributed by atoms with Gasteiger partial charge in [0.05, 0.1) is 19.6 Å². The van der Waals surface area contributed by atoms with Crippen molar-refractivity contribution >= 4 is 11.6 Å². The predicted octanol–water partition coefficient (Wildman–Crippen LogP) is 3.72.